The van der Waals surface area contributed by atoms with E-state index in [0.29, 0.717) is 11.1 Å². The molecule has 4 aromatic heterocycles. The van der Waals surface area contributed by atoms with Crippen molar-refractivity contribution >= 4 is 49.0 Å². The van der Waals surface area contributed by atoms with Crippen molar-refractivity contribution in [3.63, 3.8) is 0 Å². The number of aromatic nitrogens is 4. The van der Waals surface area contributed by atoms with Crippen molar-refractivity contribution in [1.82, 2.24) is 19.9 Å². The molecule has 1 N–H and O–H groups in total. The summed E-state index contributed by atoms with van der Waals surface area (Å²) in [6.45, 7) is 0. The maximum atomic E-state index is 14.9. The Labute approximate surface area is 185 Å². The van der Waals surface area contributed by atoms with Gasteiger partial charge in [0, 0.05) is 18.6 Å². The van der Waals surface area contributed by atoms with E-state index in [1.54, 1.807) is 17.9 Å². The largest absolute Gasteiger partial charge is 0.480 e. The maximum Gasteiger partial charge on any atom is 0.268 e. The Hall–Kier alpha value is -3.33. The molecule has 0 saturated heterocycles. The highest BCUT2D eigenvalue weighted by atomic mass is 35.5. The molecular weight excluding hydrogens is 465 g/mol. The quantitative estimate of drug-likeness (QED) is 0.450. The predicted octanol–water partition coefficient (Wildman–Crippen LogP) is 3.48. The van der Waals surface area contributed by atoms with E-state index in [4.69, 9.17) is 16.3 Å². The van der Waals surface area contributed by atoms with Gasteiger partial charge in [-0.15, -0.1) is 11.3 Å². The van der Waals surface area contributed by atoms with Crippen molar-refractivity contribution in [3.8, 4) is 17.7 Å². The first-order chi connectivity index (χ1) is 14.9. The van der Waals surface area contributed by atoms with Gasteiger partial charge in [0.15, 0.2) is 16.5 Å². The van der Waals surface area contributed by atoms with Crippen LogP contribution in [0.25, 0.3) is 10.2 Å². The smallest absolute Gasteiger partial charge is 0.268 e. The van der Waals surface area contributed by atoms with Crippen LogP contribution < -0.4 is 9.46 Å². The van der Waals surface area contributed by atoms with Gasteiger partial charge in [-0.1, -0.05) is 23.4 Å². The lowest BCUT2D eigenvalue weighted by atomic mass is 10.2. The van der Waals surface area contributed by atoms with Crippen LogP contribution in [0.4, 0.5) is 10.2 Å². The van der Waals surface area contributed by atoms with E-state index in [2.05, 4.69) is 36.5 Å². The highest BCUT2D eigenvalue weighted by molar-refractivity contribution is 7.92. The average molecular weight is 476 g/mol. The fourth-order valence-electron chi connectivity index (χ4n) is 2.56. The maximum absolute atomic E-state index is 14.9. The van der Waals surface area contributed by atoms with E-state index in [0.717, 1.165) is 10.8 Å². The monoisotopic (exact) mass is 475 g/mol. The second-order valence-corrected chi connectivity index (χ2v) is 8.87. The lowest BCUT2D eigenvalue weighted by Gasteiger charge is -2.11. The van der Waals surface area contributed by atoms with Gasteiger partial charge in [-0.3, -0.25) is 9.71 Å². The number of rotatable bonds is 4. The van der Waals surface area contributed by atoms with Crippen molar-refractivity contribution in [2.45, 2.75) is 4.90 Å². The number of nitrogens with one attached hydrogen (secondary N) is 1. The number of anilines is 1. The van der Waals surface area contributed by atoms with Gasteiger partial charge in [-0.2, -0.15) is 0 Å². The molecule has 0 aromatic carbocycles. The number of pyridine rings is 3. The van der Waals surface area contributed by atoms with Crippen molar-refractivity contribution in [2.24, 2.45) is 0 Å². The first-order valence-corrected chi connectivity index (χ1v) is 11.2. The van der Waals surface area contributed by atoms with Crippen LogP contribution in [0.2, 0.25) is 5.02 Å². The molecule has 4 aromatic rings. The Morgan fingerprint density at radius 1 is 1.16 bits per heavy atom. The summed E-state index contributed by atoms with van der Waals surface area (Å²) in [4.78, 5) is 15.4. The molecule has 0 aliphatic heterocycles. The Morgan fingerprint density at radius 3 is 2.77 bits per heavy atom. The summed E-state index contributed by atoms with van der Waals surface area (Å²) in [5, 5.41) is 0.0695. The van der Waals surface area contributed by atoms with Crippen LogP contribution in [0.15, 0.2) is 47.3 Å². The normalized spacial score (nSPS) is 11.1. The minimum Gasteiger partial charge on any atom is -0.480 e. The van der Waals surface area contributed by atoms with Crippen LogP contribution in [0.5, 0.6) is 5.88 Å². The van der Waals surface area contributed by atoms with Crippen LogP contribution in [0.3, 0.4) is 0 Å². The molecule has 8 nitrogen and oxygen atoms in total. The van der Waals surface area contributed by atoms with Gasteiger partial charge in [-0.25, -0.2) is 27.8 Å². The van der Waals surface area contributed by atoms with E-state index >= 15 is 0 Å². The van der Waals surface area contributed by atoms with Crippen LogP contribution in [0, 0.1) is 17.7 Å². The number of ether oxygens (including phenoxy) is 1. The van der Waals surface area contributed by atoms with Gasteiger partial charge in [-0.05, 0) is 12.1 Å². The number of methoxy groups -OCH3 is 1. The minimum absolute atomic E-state index is 0.0506. The summed E-state index contributed by atoms with van der Waals surface area (Å²) in [6, 6.07) is 2.47. The number of nitrogens with zero attached hydrogens (tertiary/aromatic N) is 4. The van der Waals surface area contributed by atoms with Gasteiger partial charge in [0.1, 0.15) is 5.52 Å². The van der Waals surface area contributed by atoms with Gasteiger partial charge < -0.3 is 4.74 Å². The van der Waals surface area contributed by atoms with Gasteiger partial charge in [0.2, 0.25) is 5.88 Å². The molecule has 0 unspecified atom stereocenters. The third-order valence-corrected chi connectivity index (χ3v) is 6.38. The summed E-state index contributed by atoms with van der Waals surface area (Å²) in [5.41, 5.74) is 2.87. The molecule has 0 aliphatic carbocycles. The zero-order valence-electron chi connectivity index (χ0n) is 15.6. The van der Waals surface area contributed by atoms with E-state index in [9.17, 15) is 12.8 Å². The van der Waals surface area contributed by atoms with Crippen molar-refractivity contribution in [3.05, 3.63) is 64.4 Å². The number of fused-ring (bicyclic) bond motifs is 1. The number of hydrogen-bond acceptors (Lipinski definition) is 8. The number of sulfonamides is 1. The van der Waals surface area contributed by atoms with Crippen molar-refractivity contribution in [1.29, 1.82) is 0 Å². The summed E-state index contributed by atoms with van der Waals surface area (Å²) in [5.74, 6) is 3.88. The summed E-state index contributed by atoms with van der Waals surface area (Å²) < 4.78 is 48.3. The molecule has 4 heterocycles. The fraction of sp³-hybridized carbons (Fsp3) is 0.0526. The summed E-state index contributed by atoms with van der Waals surface area (Å²) in [6.07, 6.45) is 5.63. The lowest BCUT2D eigenvalue weighted by Crippen LogP contribution is -2.17. The molecule has 0 saturated carbocycles. The van der Waals surface area contributed by atoms with Gasteiger partial charge in [0.05, 0.1) is 39.7 Å². The molecule has 4 rings (SSSR count). The third-order valence-electron chi connectivity index (χ3n) is 3.96. The van der Waals surface area contributed by atoms with Gasteiger partial charge in [0.25, 0.3) is 10.0 Å². The van der Waals surface area contributed by atoms with Crippen molar-refractivity contribution < 1.29 is 17.5 Å². The number of halogens is 2. The predicted molar refractivity (Wildman–Crippen MR) is 114 cm³/mol. The van der Waals surface area contributed by atoms with Crippen molar-refractivity contribution in [2.75, 3.05) is 11.8 Å². The molecule has 0 amide bonds. The summed E-state index contributed by atoms with van der Waals surface area (Å²) in [7, 11) is -3.04. The van der Waals surface area contributed by atoms with E-state index in [1.807, 2.05) is 0 Å². The topological polar surface area (TPSA) is 107 Å². The second kappa shape index (κ2) is 8.43. The highest BCUT2D eigenvalue weighted by Crippen LogP contribution is 2.27. The molecule has 0 aliphatic rings. The van der Waals surface area contributed by atoms with Gasteiger partial charge >= 0.3 is 0 Å². The first kappa shape index (κ1) is 20.9. The number of thiazole rings is 1. The molecule has 0 radical (unpaired) electrons. The van der Waals surface area contributed by atoms with E-state index in [1.165, 1.54) is 36.9 Å². The zero-order valence-corrected chi connectivity index (χ0v) is 18.0. The number of hydrogen-bond donors (Lipinski definition) is 1. The molecule has 12 heteroatoms. The Bertz CT molecular complexity index is 1460. The molecule has 156 valence electrons. The van der Waals surface area contributed by atoms with Crippen LogP contribution >= 0.6 is 22.9 Å². The fourth-order valence-corrected chi connectivity index (χ4v) is 4.67. The Kier molecular flexibility index (Phi) is 5.69. The molecule has 0 bridgehead atoms. The summed E-state index contributed by atoms with van der Waals surface area (Å²) >= 11 is 7.23. The molecule has 0 atom stereocenters. The Balaban J connectivity index is 1.69. The van der Waals surface area contributed by atoms with E-state index < -0.39 is 21.7 Å². The second-order valence-electron chi connectivity index (χ2n) is 5.93. The highest BCUT2D eigenvalue weighted by Gasteiger charge is 2.24. The third kappa shape index (κ3) is 4.27. The molecule has 31 heavy (non-hydrogen) atoms. The SMILES string of the molecule is COc1ncc(Cl)cc1S(=O)(=O)Nc1nccc(C#Cc2cncc3ncsc23)c1F. The van der Waals surface area contributed by atoms with Crippen LogP contribution in [0.1, 0.15) is 11.1 Å². The molecular formula is C19H11ClFN5O3S2. The molecule has 0 spiro atoms. The zero-order chi connectivity index (χ0) is 22.0. The lowest BCUT2D eigenvalue weighted by molar-refractivity contribution is 0.385. The average Bonchev–Trinajstić information content (AvgIpc) is 3.24. The van der Waals surface area contributed by atoms with Crippen LogP contribution in [-0.4, -0.2) is 35.5 Å². The minimum atomic E-state index is -4.30. The van der Waals surface area contributed by atoms with Crippen LogP contribution in [-0.2, 0) is 10.0 Å². The molecule has 0 fully saturated rings. The Morgan fingerprint density at radius 2 is 1.97 bits per heavy atom. The standard InChI is InChI=1S/C19H11ClFN5O3S2/c1-29-19-15(6-13(20)8-24-19)31(27,28)26-18-16(21)11(4-5-23-18)2-3-12-7-22-9-14-17(12)30-10-25-14/h4-10H,1H3,(H,23,26). The first-order valence-electron chi connectivity index (χ1n) is 8.45. The van der Waals surface area contributed by atoms with E-state index in [-0.39, 0.29) is 21.4 Å².